The summed E-state index contributed by atoms with van der Waals surface area (Å²) in [6.07, 6.45) is 0. The van der Waals surface area contributed by atoms with Gasteiger partial charge in [0, 0.05) is 10.4 Å². The summed E-state index contributed by atoms with van der Waals surface area (Å²) in [5.74, 6) is 7.61. The van der Waals surface area contributed by atoms with Crippen LogP contribution in [0.25, 0.3) is 0 Å². The molecule has 5 nitrogen and oxygen atoms in total. The first kappa shape index (κ1) is 12.8. The third-order valence-corrected chi connectivity index (χ3v) is 3.80. The number of thiophene rings is 1. The highest BCUT2D eigenvalue weighted by Crippen LogP contribution is 2.21. The molecule has 2 aromatic rings. The number of nitrogens with one attached hydrogen (secondary N) is 2. The molecule has 0 radical (unpaired) electrons. The molecule has 0 atom stereocenters. The molecule has 0 aliphatic rings. The third kappa shape index (κ3) is 2.60. The number of hydrogen-bond donors (Lipinski definition) is 3. The van der Waals surface area contributed by atoms with E-state index in [0.29, 0.717) is 11.6 Å². The molecular formula is C12H17N5S. The third-order valence-electron chi connectivity index (χ3n) is 2.78. The normalized spacial score (nSPS) is 10.4. The standard InChI is InChI=1S/C12H17N5S/c1-7-4-5-18-10(7)6-14-11-8(2)12(17-13)16-9(3)15-11/h4-5H,6,13H2,1-3H3,(H2,14,15,16,17). The molecule has 0 aliphatic heterocycles. The van der Waals surface area contributed by atoms with Gasteiger partial charge in [-0.2, -0.15) is 0 Å². The lowest BCUT2D eigenvalue weighted by atomic mass is 10.2. The summed E-state index contributed by atoms with van der Waals surface area (Å²) in [5, 5.41) is 5.43. The highest BCUT2D eigenvalue weighted by atomic mass is 32.1. The molecule has 6 heteroatoms. The van der Waals surface area contributed by atoms with Crippen molar-refractivity contribution in [1.82, 2.24) is 9.97 Å². The monoisotopic (exact) mass is 263 g/mol. The van der Waals surface area contributed by atoms with E-state index in [1.807, 2.05) is 13.8 Å². The van der Waals surface area contributed by atoms with Crippen molar-refractivity contribution < 1.29 is 0 Å². The molecule has 2 aromatic heterocycles. The van der Waals surface area contributed by atoms with Crippen molar-refractivity contribution in [2.45, 2.75) is 27.3 Å². The summed E-state index contributed by atoms with van der Waals surface area (Å²) in [5.41, 5.74) is 4.82. The van der Waals surface area contributed by atoms with Crippen LogP contribution in [0.2, 0.25) is 0 Å². The fourth-order valence-corrected chi connectivity index (χ4v) is 2.54. The molecule has 2 heterocycles. The van der Waals surface area contributed by atoms with Gasteiger partial charge >= 0.3 is 0 Å². The number of hydrogen-bond acceptors (Lipinski definition) is 6. The molecule has 0 unspecified atom stereocenters. The van der Waals surface area contributed by atoms with Gasteiger partial charge < -0.3 is 10.7 Å². The van der Waals surface area contributed by atoms with Crippen LogP contribution >= 0.6 is 11.3 Å². The zero-order valence-electron chi connectivity index (χ0n) is 10.7. The van der Waals surface area contributed by atoms with Gasteiger partial charge in [-0.3, -0.25) is 0 Å². The lowest BCUT2D eigenvalue weighted by Gasteiger charge is -2.12. The van der Waals surface area contributed by atoms with Gasteiger partial charge in [0.1, 0.15) is 17.5 Å². The van der Waals surface area contributed by atoms with Crippen molar-refractivity contribution in [2.24, 2.45) is 5.84 Å². The Morgan fingerprint density at radius 3 is 2.56 bits per heavy atom. The minimum atomic E-state index is 0.660. The summed E-state index contributed by atoms with van der Waals surface area (Å²) in [6.45, 7) is 6.67. The first-order valence-electron chi connectivity index (χ1n) is 5.70. The molecule has 0 saturated carbocycles. The highest BCUT2D eigenvalue weighted by Gasteiger charge is 2.08. The van der Waals surface area contributed by atoms with Crippen molar-refractivity contribution in [3.8, 4) is 0 Å². The van der Waals surface area contributed by atoms with E-state index in [1.165, 1.54) is 10.4 Å². The van der Waals surface area contributed by atoms with Crippen LogP contribution in [0.1, 0.15) is 21.8 Å². The van der Waals surface area contributed by atoms with Crippen molar-refractivity contribution >= 4 is 23.0 Å². The first-order chi connectivity index (χ1) is 8.61. The van der Waals surface area contributed by atoms with Gasteiger partial charge in [-0.25, -0.2) is 15.8 Å². The first-order valence-corrected chi connectivity index (χ1v) is 6.58. The number of nitrogens with two attached hydrogens (primary N) is 1. The maximum absolute atomic E-state index is 5.44. The predicted octanol–water partition coefficient (Wildman–Crippen LogP) is 2.36. The summed E-state index contributed by atoms with van der Waals surface area (Å²) in [4.78, 5) is 9.94. The van der Waals surface area contributed by atoms with E-state index in [9.17, 15) is 0 Å². The summed E-state index contributed by atoms with van der Waals surface area (Å²) < 4.78 is 0. The molecule has 96 valence electrons. The summed E-state index contributed by atoms with van der Waals surface area (Å²) in [7, 11) is 0. The average molecular weight is 263 g/mol. The topological polar surface area (TPSA) is 75.9 Å². The van der Waals surface area contributed by atoms with Crippen LogP contribution in [-0.2, 0) is 6.54 Å². The van der Waals surface area contributed by atoms with Gasteiger partial charge in [0.25, 0.3) is 0 Å². The smallest absolute Gasteiger partial charge is 0.148 e. The Bertz CT molecular complexity index is 549. The lowest BCUT2D eigenvalue weighted by Crippen LogP contribution is -2.14. The maximum Gasteiger partial charge on any atom is 0.148 e. The second kappa shape index (κ2) is 5.32. The Balaban J connectivity index is 2.19. The van der Waals surface area contributed by atoms with E-state index in [4.69, 9.17) is 5.84 Å². The van der Waals surface area contributed by atoms with Crippen molar-refractivity contribution in [3.63, 3.8) is 0 Å². The van der Waals surface area contributed by atoms with Gasteiger partial charge in [-0.05, 0) is 37.8 Å². The molecule has 2 rings (SSSR count). The number of aryl methyl sites for hydroxylation is 2. The molecule has 18 heavy (non-hydrogen) atoms. The van der Waals surface area contributed by atoms with Crippen LogP contribution in [0.5, 0.6) is 0 Å². The maximum atomic E-state index is 5.44. The van der Waals surface area contributed by atoms with Crippen molar-refractivity contribution in [1.29, 1.82) is 0 Å². The minimum absolute atomic E-state index is 0.660. The predicted molar refractivity (Wildman–Crippen MR) is 75.7 cm³/mol. The zero-order valence-corrected chi connectivity index (χ0v) is 11.6. The van der Waals surface area contributed by atoms with Crippen molar-refractivity contribution in [3.05, 3.63) is 33.3 Å². The Labute approximate surface area is 110 Å². The van der Waals surface area contributed by atoms with E-state index in [1.54, 1.807) is 11.3 Å². The van der Waals surface area contributed by atoms with Gasteiger partial charge in [-0.1, -0.05) is 0 Å². The molecule has 0 fully saturated rings. The Kier molecular flexibility index (Phi) is 3.78. The summed E-state index contributed by atoms with van der Waals surface area (Å²) in [6, 6.07) is 2.12. The van der Waals surface area contributed by atoms with E-state index < -0.39 is 0 Å². The fourth-order valence-electron chi connectivity index (χ4n) is 1.69. The molecule has 0 bridgehead atoms. The van der Waals surface area contributed by atoms with Crippen LogP contribution in [-0.4, -0.2) is 9.97 Å². The Morgan fingerprint density at radius 2 is 1.94 bits per heavy atom. The molecule has 0 saturated heterocycles. The van der Waals surface area contributed by atoms with Gasteiger partial charge in [0.05, 0.1) is 6.54 Å². The fraction of sp³-hybridized carbons (Fsp3) is 0.333. The van der Waals surface area contributed by atoms with Crippen LogP contribution < -0.4 is 16.6 Å². The van der Waals surface area contributed by atoms with Crippen LogP contribution in [0, 0.1) is 20.8 Å². The van der Waals surface area contributed by atoms with E-state index in [-0.39, 0.29) is 0 Å². The lowest BCUT2D eigenvalue weighted by molar-refractivity contribution is 1.00. The Hall–Kier alpha value is -1.66. The average Bonchev–Trinajstić information content (AvgIpc) is 2.75. The zero-order chi connectivity index (χ0) is 13.1. The van der Waals surface area contributed by atoms with Crippen molar-refractivity contribution in [2.75, 3.05) is 10.7 Å². The number of aromatic nitrogens is 2. The summed E-state index contributed by atoms with van der Waals surface area (Å²) >= 11 is 1.74. The molecule has 0 amide bonds. The quantitative estimate of drug-likeness (QED) is 0.583. The van der Waals surface area contributed by atoms with Crippen LogP contribution in [0.3, 0.4) is 0 Å². The number of hydrazine groups is 1. The second-order valence-corrected chi connectivity index (χ2v) is 5.12. The minimum Gasteiger partial charge on any atom is -0.365 e. The largest absolute Gasteiger partial charge is 0.365 e. The molecular weight excluding hydrogens is 246 g/mol. The van der Waals surface area contributed by atoms with E-state index >= 15 is 0 Å². The van der Waals surface area contributed by atoms with Gasteiger partial charge in [0.15, 0.2) is 0 Å². The van der Waals surface area contributed by atoms with E-state index in [2.05, 4.69) is 39.1 Å². The molecule has 0 aliphatic carbocycles. The number of nitrogen functional groups attached to an aromatic ring is 1. The number of rotatable bonds is 4. The number of nitrogens with zero attached hydrogens (tertiary/aromatic N) is 2. The molecule has 0 spiro atoms. The number of anilines is 2. The Morgan fingerprint density at radius 1 is 1.22 bits per heavy atom. The van der Waals surface area contributed by atoms with E-state index in [0.717, 1.165) is 17.9 Å². The highest BCUT2D eigenvalue weighted by molar-refractivity contribution is 7.10. The van der Waals surface area contributed by atoms with Gasteiger partial charge in [0.2, 0.25) is 0 Å². The van der Waals surface area contributed by atoms with Crippen LogP contribution in [0.15, 0.2) is 11.4 Å². The van der Waals surface area contributed by atoms with Crippen LogP contribution in [0.4, 0.5) is 11.6 Å². The molecule has 4 N–H and O–H groups in total. The van der Waals surface area contributed by atoms with Gasteiger partial charge in [-0.15, -0.1) is 11.3 Å². The molecule has 0 aromatic carbocycles. The SMILES string of the molecule is Cc1nc(NN)c(C)c(NCc2sccc2C)n1. The second-order valence-electron chi connectivity index (χ2n) is 4.12.